The van der Waals surface area contributed by atoms with Gasteiger partial charge in [0.05, 0.1) is 10.0 Å². The zero-order valence-corrected chi connectivity index (χ0v) is 15.4. The summed E-state index contributed by atoms with van der Waals surface area (Å²) >= 11 is 23.4. The van der Waals surface area contributed by atoms with Crippen LogP contribution in [0.2, 0.25) is 10.0 Å². The van der Waals surface area contributed by atoms with Gasteiger partial charge in [0.25, 0.3) is 5.91 Å². The molecular formula is C16H9Cl4N3O2. The molecule has 1 aromatic carbocycles. The van der Waals surface area contributed by atoms with Crippen LogP contribution in [0.3, 0.4) is 0 Å². The molecule has 0 radical (unpaired) electrons. The fourth-order valence-corrected chi connectivity index (χ4v) is 2.78. The second-order valence-corrected chi connectivity index (χ2v) is 6.78. The molecule has 2 aromatic heterocycles. The van der Waals surface area contributed by atoms with E-state index in [1.54, 1.807) is 42.5 Å². The van der Waals surface area contributed by atoms with Gasteiger partial charge in [-0.1, -0.05) is 63.7 Å². The van der Waals surface area contributed by atoms with E-state index in [2.05, 4.69) is 15.5 Å². The second kappa shape index (κ2) is 7.62. The predicted molar refractivity (Wildman–Crippen MR) is 99.3 cm³/mol. The molecule has 0 unspecified atom stereocenters. The van der Waals surface area contributed by atoms with Crippen LogP contribution in [0.4, 0.5) is 5.82 Å². The van der Waals surface area contributed by atoms with E-state index in [4.69, 9.17) is 50.9 Å². The summed E-state index contributed by atoms with van der Waals surface area (Å²) in [6.45, 7) is 0. The Hall–Kier alpha value is -1.79. The van der Waals surface area contributed by atoms with Gasteiger partial charge in [-0.15, -0.1) is 0 Å². The number of benzene rings is 1. The standard InChI is InChI=1S/C16H9Cl4N3O2/c17-8-3-1-4-9(18)14(8)11-7-12(25-23-11)10-5-2-6-13(21-10)22-16(24)15(19)20/h1-7,15H,(H,21,22,24). The molecule has 0 aliphatic heterocycles. The van der Waals surface area contributed by atoms with Crippen LogP contribution in [-0.4, -0.2) is 20.9 Å². The largest absolute Gasteiger partial charge is 0.354 e. The first-order valence-electron chi connectivity index (χ1n) is 6.93. The van der Waals surface area contributed by atoms with Crippen molar-refractivity contribution in [2.24, 2.45) is 0 Å². The number of nitrogens with one attached hydrogen (secondary N) is 1. The molecule has 0 saturated heterocycles. The molecule has 0 saturated carbocycles. The summed E-state index contributed by atoms with van der Waals surface area (Å²) in [5.74, 6) is 0.0898. The molecule has 5 nitrogen and oxygen atoms in total. The maximum absolute atomic E-state index is 11.5. The van der Waals surface area contributed by atoms with Crippen LogP contribution in [0.1, 0.15) is 0 Å². The minimum absolute atomic E-state index is 0.280. The monoisotopic (exact) mass is 415 g/mol. The number of rotatable bonds is 4. The predicted octanol–water partition coefficient (Wildman–Crippen LogP) is 5.45. The van der Waals surface area contributed by atoms with Crippen molar-refractivity contribution in [2.45, 2.75) is 4.84 Å². The number of aromatic nitrogens is 2. The van der Waals surface area contributed by atoms with Crippen molar-refractivity contribution >= 4 is 58.1 Å². The second-order valence-electron chi connectivity index (χ2n) is 4.87. The van der Waals surface area contributed by atoms with E-state index in [-0.39, 0.29) is 5.82 Å². The lowest BCUT2D eigenvalue weighted by atomic mass is 10.1. The number of halogens is 4. The summed E-state index contributed by atoms with van der Waals surface area (Å²) in [7, 11) is 0. The van der Waals surface area contributed by atoms with Crippen LogP contribution in [0.25, 0.3) is 22.7 Å². The zero-order valence-electron chi connectivity index (χ0n) is 12.3. The highest BCUT2D eigenvalue weighted by Gasteiger charge is 2.16. The van der Waals surface area contributed by atoms with Crippen LogP contribution in [0.5, 0.6) is 0 Å². The smallest absolute Gasteiger partial charge is 0.258 e. The Balaban J connectivity index is 1.92. The molecule has 0 fully saturated rings. The summed E-state index contributed by atoms with van der Waals surface area (Å²) in [5.41, 5.74) is 1.50. The fourth-order valence-electron chi connectivity index (χ4n) is 2.08. The van der Waals surface area contributed by atoms with Gasteiger partial charge in [0.15, 0.2) is 10.6 Å². The molecule has 0 atom stereocenters. The van der Waals surface area contributed by atoms with Gasteiger partial charge in [0.1, 0.15) is 17.2 Å². The average molecular weight is 417 g/mol. The first-order chi connectivity index (χ1) is 12.0. The lowest BCUT2D eigenvalue weighted by molar-refractivity contribution is -0.114. The third-order valence-corrected chi connectivity index (χ3v) is 4.21. The SMILES string of the molecule is O=C(Nc1cccc(-c2cc(-c3c(Cl)cccc3Cl)no2)n1)C(Cl)Cl. The van der Waals surface area contributed by atoms with Crippen molar-refractivity contribution < 1.29 is 9.32 Å². The normalized spacial score (nSPS) is 10.9. The number of pyridine rings is 1. The number of carbonyl (C=O) groups is 1. The number of hydrogen-bond acceptors (Lipinski definition) is 4. The van der Waals surface area contributed by atoms with Crippen molar-refractivity contribution in [1.29, 1.82) is 0 Å². The van der Waals surface area contributed by atoms with Gasteiger partial charge < -0.3 is 9.84 Å². The highest BCUT2D eigenvalue weighted by atomic mass is 35.5. The van der Waals surface area contributed by atoms with Crippen molar-refractivity contribution in [3.05, 3.63) is 52.5 Å². The third kappa shape index (κ3) is 4.07. The fraction of sp³-hybridized carbons (Fsp3) is 0.0625. The molecule has 25 heavy (non-hydrogen) atoms. The van der Waals surface area contributed by atoms with E-state index in [0.717, 1.165) is 0 Å². The van der Waals surface area contributed by atoms with Crippen molar-refractivity contribution in [1.82, 2.24) is 10.1 Å². The Kier molecular flexibility index (Phi) is 5.49. The van der Waals surface area contributed by atoms with Gasteiger partial charge in [-0.05, 0) is 24.3 Å². The van der Waals surface area contributed by atoms with E-state index in [1.165, 1.54) is 0 Å². The molecule has 9 heteroatoms. The minimum Gasteiger partial charge on any atom is -0.354 e. The quantitative estimate of drug-likeness (QED) is 0.574. The van der Waals surface area contributed by atoms with Gasteiger partial charge in [0, 0.05) is 11.6 Å². The molecular weight excluding hydrogens is 408 g/mol. The summed E-state index contributed by atoms with van der Waals surface area (Å²) < 4.78 is 5.33. The van der Waals surface area contributed by atoms with Gasteiger partial charge in [-0.3, -0.25) is 4.79 Å². The van der Waals surface area contributed by atoms with Crippen LogP contribution < -0.4 is 5.32 Å². The lowest BCUT2D eigenvalue weighted by Crippen LogP contribution is -2.19. The van der Waals surface area contributed by atoms with Crippen LogP contribution in [0, 0.1) is 0 Å². The first-order valence-corrected chi connectivity index (χ1v) is 8.56. The maximum atomic E-state index is 11.5. The average Bonchev–Trinajstić information content (AvgIpc) is 3.04. The molecule has 2 heterocycles. The van der Waals surface area contributed by atoms with E-state index in [9.17, 15) is 4.79 Å². The number of hydrogen-bond donors (Lipinski definition) is 1. The Labute approximate surface area is 162 Å². The molecule has 0 aliphatic carbocycles. The number of carbonyl (C=O) groups excluding carboxylic acids is 1. The Morgan fingerprint density at radius 3 is 2.40 bits per heavy atom. The first kappa shape index (κ1) is 18.0. The highest BCUT2D eigenvalue weighted by molar-refractivity contribution is 6.54. The van der Waals surface area contributed by atoms with Gasteiger partial charge in [0.2, 0.25) is 0 Å². The zero-order chi connectivity index (χ0) is 18.0. The number of alkyl halides is 2. The van der Waals surface area contributed by atoms with Crippen LogP contribution in [0.15, 0.2) is 47.0 Å². The van der Waals surface area contributed by atoms with Crippen molar-refractivity contribution in [2.75, 3.05) is 5.32 Å². The molecule has 128 valence electrons. The van der Waals surface area contributed by atoms with Gasteiger partial charge in [-0.25, -0.2) is 4.98 Å². The van der Waals surface area contributed by atoms with Crippen LogP contribution in [-0.2, 0) is 4.79 Å². The maximum Gasteiger partial charge on any atom is 0.258 e. The summed E-state index contributed by atoms with van der Waals surface area (Å²) in [5, 5.41) is 7.39. The Morgan fingerprint density at radius 1 is 1.04 bits per heavy atom. The third-order valence-electron chi connectivity index (χ3n) is 3.18. The van der Waals surface area contributed by atoms with E-state index in [1.807, 2.05) is 0 Å². The molecule has 3 rings (SSSR count). The van der Waals surface area contributed by atoms with Gasteiger partial charge in [-0.2, -0.15) is 0 Å². The van der Waals surface area contributed by atoms with Crippen molar-refractivity contribution in [3.63, 3.8) is 0 Å². The van der Waals surface area contributed by atoms with E-state index >= 15 is 0 Å². The molecule has 1 amide bonds. The highest BCUT2D eigenvalue weighted by Crippen LogP contribution is 2.35. The minimum atomic E-state index is -1.19. The summed E-state index contributed by atoms with van der Waals surface area (Å²) in [6.07, 6.45) is 0. The van der Waals surface area contributed by atoms with Gasteiger partial charge >= 0.3 is 0 Å². The molecule has 1 N–H and O–H groups in total. The number of nitrogens with zero attached hydrogens (tertiary/aromatic N) is 2. The number of amides is 1. The lowest BCUT2D eigenvalue weighted by Gasteiger charge is -2.05. The molecule has 0 bridgehead atoms. The topological polar surface area (TPSA) is 68.0 Å². The van der Waals surface area contributed by atoms with Crippen molar-refractivity contribution in [3.8, 4) is 22.7 Å². The molecule has 3 aromatic rings. The summed E-state index contributed by atoms with van der Waals surface area (Å²) in [6, 6.07) is 11.8. The summed E-state index contributed by atoms with van der Waals surface area (Å²) in [4.78, 5) is 14.6. The number of anilines is 1. The molecule has 0 aliphatic rings. The van der Waals surface area contributed by atoms with E-state index in [0.29, 0.717) is 32.8 Å². The van der Waals surface area contributed by atoms with Crippen LogP contribution >= 0.6 is 46.4 Å². The Bertz CT molecular complexity index is 907. The molecule has 0 spiro atoms. The van der Waals surface area contributed by atoms with E-state index < -0.39 is 10.7 Å². The Morgan fingerprint density at radius 2 is 1.72 bits per heavy atom.